The molecule has 0 spiro atoms. The molecule has 1 rings (SSSR count). The summed E-state index contributed by atoms with van der Waals surface area (Å²) in [7, 11) is 0. The summed E-state index contributed by atoms with van der Waals surface area (Å²) in [6.07, 6.45) is 2.48. The Morgan fingerprint density at radius 2 is 2.00 bits per heavy atom. The van der Waals surface area contributed by atoms with Crippen molar-refractivity contribution in [2.24, 2.45) is 5.92 Å². The average molecular weight is 284 g/mol. The molecule has 0 fully saturated rings. The van der Waals surface area contributed by atoms with E-state index in [0.29, 0.717) is 6.04 Å². The van der Waals surface area contributed by atoms with Crippen molar-refractivity contribution in [2.45, 2.75) is 39.7 Å². The third-order valence-corrected chi connectivity index (χ3v) is 3.23. The van der Waals surface area contributed by atoms with Crippen molar-refractivity contribution in [1.29, 1.82) is 0 Å². The Bertz CT molecular complexity index is 309. The van der Waals surface area contributed by atoms with Crippen molar-refractivity contribution >= 4 is 15.9 Å². The predicted octanol–water partition coefficient (Wildman–Crippen LogP) is 4.54. The Kier molecular flexibility index (Phi) is 6.07. The minimum atomic E-state index is 0.491. The van der Waals surface area contributed by atoms with Crippen LogP contribution in [-0.2, 0) is 0 Å². The van der Waals surface area contributed by atoms with Crippen LogP contribution in [0.3, 0.4) is 0 Å². The molecule has 0 radical (unpaired) electrons. The largest absolute Gasteiger partial charge is 0.310 e. The summed E-state index contributed by atoms with van der Waals surface area (Å²) in [5.74, 6) is 0.772. The lowest BCUT2D eigenvalue weighted by atomic mass is 9.98. The van der Waals surface area contributed by atoms with Crippen molar-refractivity contribution in [1.82, 2.24) is 5.32 Å². The van der Waals surface area contributed by atoms with Crippen LogP contribution in [0.2, 0.25) is 0 Å². The van der Waals surface area contributed by atoms with Gasteiger partial charge in [-0.05, 0) is 43.0 Å². The fourth-order valence-electron chi connectivity index (χ4n) is 1.86. The first kappa shape index (κ1) is 13.7. The third-order valence-electron chi connectivity index (χ3n) is 2.73. The second-order valence-corrected chi connectivity index (χ2v) is 5.55. The summed E-state index contributed by atoms with van der Waals surface area (Å²) >= 11 is 3.53. The first-order chi connectivity index (χ1) is 7.63. The molecule has 1 atom stereocenters. The highest BCUT2D eigenvalue weighted by Crippen LogP contribution is 2.23. The lowest BCUT2D eigenvalue weighted by Crippen LogP contribution is -2.21. The smallest absolute Gasteiger partial charge is 0.0320 e. The second kappa shape index (κ2) is 7.08. The predicted molar refractivity (Wildman–Crippen MR) is 74.6 cm³/mol. The molecule has 0 saturated heterocycles. The molecule has 1 nitrogen and oxygen atoms in total. The van der Waals surface area contributed by atoms with Gasteiger partial charge in [-0.2, -0.15) is 0 Å². The lowest BCUT2D eigenvalue weighted by Gasteiger charge is -2.19. The SMILES string of the molecule is CCNC(CCC(C)C)c1cccc(Br)c1. The van der Waals surface area contributed by atoms with E-state index in [1.165, 1.54) is 18.4 Å². The van der Waals surface area contributed by atoms with E-state index in [9.17, 15) is 0 Å². The molecule has 90 valence electrons. The van der Waals surface area contributed by atoms with E-state index in [-0.39, 0.29) is 0 Å². The van der Waals surface area contributed by atoms with Crippen molar-refractivity contribution < 1.29 is 0 Å². The summed E-state index contributed by atoms with van der Waals surface area (Å²) in [4.78, 5) is 0. The molecule has 0 aliphatic heterocycles. The maximum absolute atomic E-state index is 3.56. The van der Waals surface area contributed by atoms with E-state index < -0.39 is 0 Å². The molecule has 1 aromatic rings. The minimum Gasteiger partial charge on any atom is -0.310 e. The normalized spacial score (nSPS) is 13.1. The Balaban J connectivity index is 2.68. The van der Waals surface area contributed by atoms with Gasteiger partial charge in [0.05, 0.1) is 0 Å². The van der Waals surface area contributed by atoms with Crippen molar-refractivity contribution in [3.8, 4) is 0 Å². The second-order valence-electron chi connectivity index (χ2n) is 4.64. The summed E-state index contributed by atoms with van der Waals surface area (Å²) in [6.45, 7) is 7.75. The first-order valence-electron chi connectivity index (χ1n) is 6.12. The van der Waals surface area contributed by atoms with Crippen LogP contribution in [0.4, 0.5) is 0 Å². The number of hydrogen-bond donors (Lipinski definition) is 1. The molecular weight excluding hydrogens is 262 g/mol. The zero-order valence-electron chi connectivity index (χ0n) is 10.5. The van der Waals surface area contributed by atoms with E-state index in [1.807, 2.05) is 0 Å². The van der Waals surface area contributed by atoms with Gasteiger partial charge in [-0.25, -0.2) is 0 Å². The van der Waals surface area contributed by atoms with Crippen LogP contribution in [0, 0.1) is 5.92 Å². The molecule has 1 aromatic carbocycles. The first-order valence-corrected chi connectivity index (χ1v) is 6.91. The van der Waals surface area contributed by atoms with Gasteiger partial charge in [0.15, 0.2) is 0 Å². The van der Waals surface area contributed by atoms with Crippen molar-refractivity contribution in [3.63, 3.8) is 0 Å². The minimum absolute atomic E-state index is 0.491. The topological polar surface area (TPSA) is 12.0 Å². The fraction of sp³-hybridized carbons (Fsp3) is 0.571. The maximum Gasteiger partial charge on any atom is 0.0320 e. The van der Waals surface area contributed by atoms with Crippen LogP contribution in [0.5, 0.6) is 0 Å². The van der Waals surface area contributed by atoms with E-state index in [2.05, 4.69) is 66.3 Å². The number of halogens is 1. The van der Waals surface area contributed by atoms with E-state index in [0.717, 1.165) is 16.9 Å². The van der Waals surface area contributed by atoms with Gasteiger partial charge in [0.2, 0.25) is 0 Å². The highest BCUT2D eigenvalue weighted by Gasteiger charge is 2.10. The van der Waals surface area contributed by atoms with Gasteiger partial charge >= 0.3 is 0 Å². The molecule has 2 heteroatoms. The number of benzene rings is 1. The Hall–Kier alpha value is -0.340. The van der Waals surface area contributed by atoms with E-state index >= 15 is 0 Å². The standard InChI is InChI=1S/C14H22BrN/c1-4-16-14(9-8-11(2)3)12-6-5-7-13(15)10-12/h5-7,10-11,14,16H,4,8-9H2,1-3H3. The van der Waals surface area contributed by atoms with Crippen LogP contribution < -0.4 is 5.32 Å². The summed E-state index contributed by atoms with van der Waals surface area (Å²) < 4.78 is 1.16. The molecule has 16 heavy (non-hydrogen) atoms. The van der Waals surface area contributed by atoms with Crippen LogP contribution in [-0.4, -0.2) is 6.54 Å². The van der Waals surface area contributed by atoms with Crippen LogP contribution in [0.1, 0.15) is 45.2 Å². The molecule has 0 saturated carbocycles. The third kappa shape index (κ3) is 4.67. The van der Waals surface area contributed by atoms with Crippen LogP contribution in [0.25, 0.3) is 0 Å². The van der Waals surface area contributed by atoms with Gasteiger partial charge < -0.3 is 5.32 Å². The maximum atomic E-state index is 3.56. The molecule has 0 amide bonds. The molecule has 0 heterocycles. The van der Waals surface area contributed by atoms with Gasteiger partial charge in [0.1, 0.15) is 0 Å². The number of nitrogens with one attached hydrogen (secondary N) is 1. The van der Waals surface area contributed by atoms with Crippen LogP contribution >= 0.6 is 15.9 Å². The molecule has 0 aliphatic carbocycles. The quantitative estimate of drug-likeness (QED) is 0.809. The van der Waals surface area contributed by atoms with Gasteiger partial charge in [-0.3, -0.25) is 0 Å². The van der Waals surface area contributed by atoms with Gasteiger partial charge in [0.25, 0.3) is 0 Å². The summed E-state index contributed by atoms with van der Waals surface area (Å²) in [6, 6.07) is 9.10. The van der Waals surface area contributed by atoms with Crippen molar-refractivity contribution in [3.05, 3.63) is 34.3 Å². The van der Waals surface area contributed by atoms with E-state index in [4.69, 9.17) is 0 Å². The average Bonchev–Trinajstić information content (AvgIpc) is 2.24. The lowest BCUT2D eigenvalue weighted by molar-refractivity contribution is 0.448. The molecule has 1 N–H and O–H groups in total. The molecule has 0 aliphatic rings. The Morgan fingerprint density at radius 1 is 1.25 bits per heavy atom. The van der Waals surface area contributed by atoms with Crippen LogP contribution in [0.15, 0.2) is 28.7 Å². The monoisotopic (exact) mass is 283 g/mol. The Morgan fingerprint density at radius 3 is 2.56 bits per heavy atom. The highest BCUT2D eigenvalue weighted by atomic mass is 79.9. The summed E-state index contributed by atoms with van der Waals surface area (Å²) in [5, 5.41) is 3.56. The highest BCUT2D eigenvalue weighted by molar-refractivity contribution is 9.10. The van der Waals surface area contributed by atoms with Gasteiger partial charge in [-0.15, -0.1) is 0 Å². The molecular formula is C14H22BrN. The molecule has 0 bridgehead atoms. The zero-order chi connectivity index (χ0) is 12.0. The van der Waals surface area contributed by atoms with Crippen molar-refractivity contribution in [2.75, 3.05) is 6.54 Å². The number of hydrogen-bond acceptors (Lipinski definition) is 1. The molecule has 1 unspecified atom stereocenters. The van der Waals surface area contributed by atoms with E-state index in [1.54, 1.807) is 0 Å². The van der Waals surface area contributed by atoms with Gasteiger partial charge in [0, 0.05) is 10.5 Å². The molecule has 0 aromatic heterocycles. The summed E-state index contributed by atoms with van der Waals surface area (Å²) in [5.41, 5.74) is 1.39. The number of rotatable bonds is 6. The fourth-order valence-corrected chi connectivity index (χ4v) is 2.27. The van der Waals surface area contributed by atoms with Gasteiger partial charge in [-0.1, -0.05) is 48.8 Å². The zero-order valence-corrected chi connectivity index (χ0v) is 12.0. The Labute approximate surface area is 108 Å².